The number of aromatic nitrogens is 2. The minimum Gasteiger partial charge on any atom is -0.333 e. The molecule has 0 radical (unpaired) electrons. The van der Waals surface area contributed by atoms with Crippen molar-refractivity contribution in [2.75, 3.05) is 5.32 Å². The lowest BCUT2D eigenvalue weighted by Crippen LogP contribution is -2.26. The smallest absolute Gasteiger partial charge is 0.322 e. The van der Waals surface area contributed by atoms with Gasteiger partial charge in [0.25, 0.3) is 0 Å². The van der Waals surface area contributed by atoms with Gasteiger partial charge in [0.2, 0.25) is 5.82 Å². The predicted molar refractivity (Wildman–Crippen MR) is 67.8 cm³/mol. The van der Waals surface area contributed by atoms with Gasteiger partial charge in [0.05, 0.1) is 0 Å². The second-order valence-electron chi connectivity index (χ2n) is 5.26. The van der Waals surface area contributed by atoms with E-state index in [0.717, 1.165) is 11.1 Å². The van der Waals surface area contributed by atoms with Crippen LogP contribution in [0.15, 0.2) is 22.7 Å². The van der Waals surface area contributed by atoms with Gasteiger partial charge in [-0.3, -0.25) is 0 Å². The van der Waals surface area contributed by atoms with Crippen LogP contribution < -0.4 is 5.32 Å². The molecule has 18 heavy (non-hydrogen) atoms. The molecule has 2 aromatic rings. The quantitative estimate of drug-likeness (QED) is 0.886. The standard InChI is InChI=1S/C13H16FN3O/c1-8-7-9(14)5-6-10(8)11-15-12(18-17-11)16-13(2,3)4/h5-7H,1-4H3,(H,15,16,17). The van der Waals surface area contributed by atoms with E-state index in [4.69, 9.17) is 4.52 Å². The van der Waals surface area contributed by atoms with Crippen molar-refractivity contribution >= 4 is 6.01 Å². The van der Waals surface area contributed by atoms with Crippen LogP contribution >= 0.6 is 0 Å². The summed E-state index contributed by atoms with van der Waals surface area (Å²) in [4.78, 5) is 4.25. The number of hydrogen-bond donors (Lipinski definition) is 1. The number of nitrogens with zero attached hydrogens (tertiary/aromatic N) is 2. The summed E-state index contributed by atoms with van der Waals surface area (Å²) in [6.07, 6.45) is 0. The number of rotatable bonds is 2. The minimum atomic E-state index is -0.271. The monoisotopic (exact) mass is 249 g/mol. The zero-order chi connectivity index (χ0) is 13.3. The van der Waals surface area contributed by atoms with Gasteiger partial charge in [-0.15, -0.1) is 0 Å². The molecule has 1 aromatic heterocycles. The van der Waals surface area contributed by atoms with Crippen LogP contribution in [0, 0.1) is 12.7 Å². The van der Waals surface area contributed by atoms with Gasteiger partial charge in [-0.1, -0.05) is 5.16 Å². The maximum Gasteiger partial charge on any atom is 0.322 e. The summed E-state index contributed by atoms with van der Waals surface area (Å²) in [7, 11) is 0. The van der Waals surface area contributed by atoms with Gasteiger partial charge in [0, 0.05) is 11.1 Å². The van der Waals surface area contributed by atoms with Crippen LogP contribution in [0.25, 0.3) is 11.4 Å². The van der Waals surface area contributed by atoms with E-state index in [1.54, 1.807) is 6.07 Å². The predicted octanol–water partition coefficient (Wildman–Crippen LogP) is 3.39. The largest absolute Gasteiger partial charge is 0.333 e. The van der Waals surface area contributed by atoms with E-state index in [0.29, 0.717) is 11.8 Å². The number of halogens is 1. The molecule has 1 aromatic carbocycles. The van der Waals surface area contributed by atoms with Crippen molar-refractivity contribution in [1.82, 2.24) is 10.1 Å². The lowest BCUT2D eigenvalue weighted by atomic mass is 10.1. The molecule has 0 bridgehead atoms. The molecule has 0 saturated carbocycles. The highest BCUT2D eigenvalue weighted by Gasteiger charge is 2.16. The molecule has 0 amide bonds. The van der Waals surface area contributed by atoms with E-state index in [2.05, 4.69) is 15.5 Å². The van der Waals surface area contributed by atoms with E-state index in [-0.39, 0.29) is 11.4 Å². The maximum atomic E-state index is 13.0. The van der Waals surface area contributed by atoms with Crippen molar-refractivity contribution < 1.29 is 8.91 Å². The Balaban J connectivity index is 2.29. The fourth-order valence-electron chi connectivity index (χ4n) is 1.58. The molecular formula is C13H16FN3O. The molecule has 2 rings (SSSR count). The molecule has 1 heterocycles. The molecule has 0 aliphatic rings. The van der Waals surface area contributed by atoms with E-state index in [9.17, 15) is 4.39 Å². The number of anilines is 1. The first-order valence-corrected chi connectivity index (χ1v) is 5.73. The average Bonchev–Trinajstić information content (AvgIpc) is 2.63. The minimum absolute atomic E-state index is 0.151. The topological polar surface area (TPSA) is 51.0 Å². The van der Waals surface area contributed by atoms with Crippen molar-refractivity contribution in [1.29, 1.82) is 0 Å². The Bertz CT molecular complexity index is 558. The maximum absolute atomic E-state index is 13.0. The van der Waals surface area contributed by atoms with Gasteiger partial charge in [-0.05, 0) is 51.5 Å². The lowest BCUT2D eigenvalue weighted by molar-refractivity contribution is 0.420. The summed E-state index contributed by atoms with van der Waals surface area (Å²) in [5.41, 5.74) is 1.39. The Labute approximate surface area is 105 Å². The third kappa shape index (κ3) is 2.85. The third-order valence-corrected chi connectivity index (χ3v) is 2.34. The molecule has 1 N–H and O–H groups in total. The molecule has 0 spiro atoms. The van der Waals surface area contributed by atoms with Crippen LogP contribution in [0.1, 0.15) is 26.3 Å². The Kier molecular flexibility index (Phi) is 3.07. The Morgan fingerprint density at radius 2 is 2.00 bits per heavy atom. The van der Waals surface area contributed by atoms with Crippen LogP contribution in [-0.2, 0) is 0 Å². The number of benzene rings is 1. The summed E-state index contributed by atoms with van der Waals surface area (Å²) in [5, 5.41) is 6.98. The van der Waals surface area contributed by atoms with Gasteiger partial charge in [-0.2, -0.15) is 4.98 Å². The SMILES string of the molecule is Cc1cc(F)ccc1-c1noc(NC(C)(C)C)n1. The molecule has 5 heteroatoms. The second kappa shape index (κ2) is 4.40. The van der Waals surface area contributed by atoms with Gasteiger partial charge in [-0.25, -0.2) is 4.39 Å². The molecular weight excluding hydrogens is 233 g/mol. The van der Waals surface area contributed by atoms with Gasteiger partial charge in [0.15, 0.2) is 0 Å². The summed E-state index contributed by atoms with van der Waals surface area (Å²) in [5.74, 6) is 0.187. The third-order valence-electron chi connectivity index (χ3n) is 2.34. The number of nitrogens with one attached hydrogen (secondary N) is 1. The fourth-order valence-corrected chi connectivity index (χ4v) is 1.58. The van der Waals surface area contributed by atoms with E-state index in [1.807, 2.05) is 27.7 Å². The molecule has 4 nitrogen and oxygen atoms in total. The average molecular weight is 249 g/mol. The van der Waals surface area contributed by atoms with Crippen LogP contribution in [0.2, 0.25) is 0 Å². The number of aryl methyl sites for hydroxylation is 1. The fraction of sp³-hybridized carbons (Fsp3) is 0.385. The highest BCUT2D eigenvalue weighted by atomic mass is 19.1. The first-order chi connectivity index (χ1) is 8.35. The van der Waals surface area contributed by atoms with E-state index < -0.39 is 0 Å². The van der Waals surface area contributed by atoms with Crippen molar-refractivity contribution in [3.05, 3.63) is 29.6 Å². The van der Waals surface area contributed by atoms with Crippen LogP contribution in [0.3, 0.4) is 0 Å². The Hall–Kier alpha value is -1.91. The molecule has 96 valence electrons. The molecule has 0 aliphatic heterocycles. The van der Waals surface area contributed by atoms with E-state index >= 15 is 0 Å². The van der Waals surface area contributed by atoms with Crippen molar-refractivity contribution in [3.8, 4) is 11.4 Å². The normalized spacial score (nSPS) is 11.6. The van der Waals surface area contributed by atoms with Crippen LogP contribution in [0.4, 0.5) is 10.4 Å². The van der Waals surface area contributed by atoms with Gasteiger partial charge >= 0.3 is 6.01 Å². The molecule has 0 unspecified atom stereocenters. The highest BCUT2D eigenvalue weighted by Crippen LogP contribution is 2.23. The zero-order valence-corrected chi connectivity index (χ0v) is 10.9. The van der Waals surface area contributed by atoms with Crippen LogP contribution in [0.5, 0.6) is 0 Å². The molecule has 0 aliphatic carbocycles. The zero-order valence-electron chi connectivity index (χ0n) is 10.9. The van der Waals surface area contributed by atoms with Crippen molar-refractivity contribution in [3.63, 3.8) is 0 Å². The summed E-state index contributed by atoms with van der Waals surface area (Å²) in [6.45, 7) is 7.81. The Morgan fingerprint density at radius 1 is 1.28 bits per heavy atom. The highest BCUT2D eigenvalue weighted by molar-refractivity contribution is 5.60. The second-order valence-corrected chi connectivity index (χ2v) is 5.26. The summed E-state index contributed by atoms with van der Waals surface area (Å²) >= 11 is 0. The van der Waals surface area contributed by atoms with Gasteiger partial charge in [0.1, 0.15) is 5.82 Å². The van der Waals surface area contributed by atoms with E-state index in [1.165, 1.54) is 12.1 Å². The van der Waals surface area contributed by atoms with Gasteiger partial charge < -0.3 is 9.84 Å². The summed E-state index contributed by atoms with van der Waals surface area (Å²) < 4.78 is 18.1. The Morgan fingerprint density at radius 3 is 2.61 bits per heavy atom. The summed E-state index contributed by atoms with van der Waals surface area (Å²) in [6, 6.07) is 4.84. The van der Waals surface area contributed by atoms with Crippen molar-refractivity contribution in [2.24, 2.45) is 0 Å². The molecule has 0 saturated heterocycles. The first kappa shape index (κ1) is 12.5. The molecule has 0 atom stereocenters. The number of hydrogen-bond acceptors (Lipinski definition) is 4. The van der Waals surface area contributed by atoms with Crippen LogP contribution in [-0.4, -0.2) is 15.7 Å². The lowest BCUT2D eigenvalue weighted by Gasteiger charge is -2.17. The molecule has 0 fully saturated rings. The van der Waals surface area contributed by atoms with Crippen molar-refractivity contribution in [2.45, 2.75) is 33.2 Å². The first-order valence-electron chi connectivity index (χ1n) is 5.73.